The molecule has 1 aromatic heterocycles. The second-order valence-corrected chi connectivity index (χ2v) is 8.26. The lowest BCUT2D eigenvalue weighted by Gasteiger charge is -2.16. The fourth-order valence-electron chi connectivity index (χ4n) is 2.14. The molecule has 2 N–H and O–H groups in total. The van der Waals surface area contributed by atoms with Crippen LogP contribution in [0, 0.1) is 12.3 Å². The lowest BCUT2D eigenvalue weighted by atomic mass is 9.96. The van der Waals surface area contributed by atoms with Crippen LogP contribution in [0.15, 0.2) is 30.3 Å². The Hall–Kier alpha value is -2.35. The van der Waals surface area contributed by atoms with E-state index < -0.39 is 17.2 Å². The first-order valence-corrected chi connectivity index (χ1v) is 9.06. The van der Waals surface area contributed by atoms with Crippen molar-refractivity contribution in [3.05, 3.63) is 51.9 Å². The summed E-state index contributed by atoms with van der Waals surface area (Å²) in [4.78, 5) is 24.9. The highest BCUT2D eigenvalue weighted by atomic mass is 32.1. The number of hydrogen-bond donors (Lipinski definition) is 2. The fourth-order valence-corrected chi connectivity index (χ4v) is 3.13. The zero-order valence-electron chi connectivity index (χ0n) is 15.5. The summed E-state index contributed by atoms with van der Waals surface area (Å²) in [7, 11) is 0. The van der Waals surface area contributed by atoms with Gasteiger partial charge in [0.1, 0.15) is 0 Å². The molecule has 0 unspecified atom stereocenters. The maximum atomic E-state index is 12.6. The third-order valence-electron chi connectivity index (χ3n) is 3.78. The Bertz CT molecular complexity index is 834. The summed E-state index contributed by atoms with van der Waals surface area (Å²) >= 11 is 1.16. The highest BCUT2D eigenvalue weighted by molar-refractivity contribution is 7.18. The van der Waals surface area contributed by atoms with Crippen molar-refractivity contribution in [1.29, 1.82) is 0 Å². The second-order valence-electron chi connectivity index (χ2n) is 7.20. The van der Waals surface area contributed by atoms with Crippen molar-refractivity contribution in [2.75, 3.05) is 5.32 Å². The van der Waals surface area contributed by atoms with Crippen molar-refractivity contribution in [2.24, 2.45) is 5.41 Å². The molecule has 0 bridgehead atoms. The van der Waals surface area contributed by atoms with Crippen LogP contribution in [0.3, 0.4) is 0 Å². The van der Waals surface area contributed by atoms with Gasteiger partial charge in [0.05, 0.1) is 15.4 Å². The number of anilines is 1. The topological polar surface area (TPSA) is 58.2 Å². The van der Waals surface area contributed by atoms with Gasteiger partial charge in [-0.3, -0.25) is 9.59 Å². The first-order valence-electron chi connectivity index (χ1n) is 8.24. The molecule has 2 amide bonds. The first kappa shape index (κ1) is 21.0. The van der Waals surface area contributed by atoms with Gasteiger partial charge in [-0.15, -0.1) is 11.3 Å². The molecular formula is C19H21F3N2O2S. The summed E-state index contributed by atoms with van der Waals surface area (Å²) in [6.45, 7) is 7.25. The molecule has 4 nitrogen and oxygen atoms in total. The summed E-state index contributed by atoms with van der Waals surface area (Å²) < 4.78 is 37.7. The van der Waals surface area contributed by atoms with Crippen LogP contribution < -0.4 is 10.6 Å². The number of aryl methyl sites for hydroxylation is 1. The minimum absolute atomic E-state index is 0.109. The molecule has 2 rings (SSSR count). The van der Waals surface area contributed by atoms with Crippen LogP contribution in [-0.4, -0.2) is 11.8 Å². The molecule has 2 aromatic rings. The second kappa shape index (κ2) is 7.72. The van der Waals surface area contributed by atoms with Gasteiger partial charge in [0.15, 0.2) is 0 Å². The molecule has 146 valence electrons. The number of amides is 2. The molecular weight excluding hydrogens is 377 g/mol. The van der Waals surface area contributed by atoms with Crippen LogP contribution in [0.1, 0.15) is 47.1 Å². The van der Waals surface area contributed by atoms with Crippen LogP contribution in [0.4, 0.5) is 18.2 Å². The zero-order chi connectivity index (χ0) is 20.4. The monoisotopic (exact) mass is 398 g/mol. The van der Waals surface area contributed by atoms with E-state index in [0.717, 1.165) is 23.5 Å². The van der Waals surface area contributed by atoms with E-state index in [1.165, 1.54) is 12.1 Å². The van der Waals surface area contributed by atoms with Gasteiger partial charge in [0, 0.05) is 12.0 Å². The molecule has 0 aliphatic heterocycles. The molecule has 0 aliphatic rings. The summed E-state index contributed by atoms with van der Waals surface area (Å²) in [5.74, 6) is -0.492. The Balaban J connectivity index is 2.01. The minimum atomic E-state index is -4.39. The molecule has 0 aliphatic carbocycles. The van der Waals surface area contributed by atoms with E-state index >= 15 is 0 Å². The molecule has 1 heterocycles. The van der Waals surface area contributed by atoms with E-state index in [-0.39, 0.29) is 18.4 Å². The molecule has 0 radical (unpaired) electrons. The quantitative estimate of drug-likeness (QED) is 0.762. The molecule has 0 saturated heterocycles. The number of halogens is 3. The summed E-state index contributed by atoms with van der Waals surface area (Å²) in [6, 6.07) is 6.36. The van der Waals surface area contributed by atoms with E-state index in [0.29, 0.717) is 21.0 Å². The van der Waals surface area contributed by atoms with E-state index in [1.54, 1.807) is 33.8 Å². The maximum Gasteiger partial charge on any atom is 0.416 e. The van der Waals surface area contributed by atoms with Crippen LogP contribution in [-0.2, 0) is 17.5 Å². The lowest BCUT2D eigenvalue weighted by molar-refractivity contribution is -0.137. The van der Waals surface area contributed by atoms with Crippen molar-refractivity contribution in [2.45, 2.75) is 40.4 Å². The smallest absolute Gasteiger partial charge is 0.347 e. The summed E-state index contributed by atoms with van der Waals surface area (Å²) in [5.41, 5.74) is -0.00467. The Kier molecular flexibility index (Phi) is 5.99. The number of thiophene rings is 1. The van der Waals surface area contributed by atoms with Gasteiger partial charge in [0.25, 0.3) is 5.91 Å². The summed E-state index contributed by atoms with van der Waals surface area (Å²) in [6.07, 6.45) is -4.39. The van der Waals surface area contributed by atoms with Crippen LogP contribution in [0.5, 0.6) is 0 Å². The zero-order valence-corrected chi connectivity index (χ0v) is 16.3. The van der Waals surface area contributed by atoms with E-state index in [2.05, 4.69) is 10.6 Å². The van der Waals surface area contributed by atoms with Gasteiger partial charge in [0.2, 0.25) is 5.91 Å². The number of carbonyl (C=O) groups is 2. The number of benzene rings is 1. The van der Waals surface area contributed by atoms with E-state index in [1.807, 2.05) is 0 Å². The Morgan fingerprint density at radius 2 is 1.67 bits per heavy atom. The molecule has 0 atom stereocenters. The maximum absolute atomic E-state index is 12.6. The van der Waals surface area contributed by atoms with Gasteiger partial charge in [-0.25, -0.2) is 0 Å². The van der Waals surface area contributed by atoms with Gasteiger partial charge in [-0.2, -0.15) is 13.2 Å². The lowest BCUT2D eigenvalue weighted by Crippen LogP contribution is -2.27. The predicted molar refractivity (Wildman–Crippen MR) is 99.8 cm³/mol. The van der Waals surface area contributed by atoms with Crippen molar-refractivity contribution < 1.29 is 22.8 Å². The number of hydrogen-bond acceptors (Lipinski definition) is 3. The normalized spacial score (nSPS) is 12.0. The highest BCUT2D eigenvalue weighted by Gasteiger charge is 2.30. The van der Waals surface area contributed by atoms with Crippen molar-refractivity contribution in [1.82, 2.24) is 5.32 Å². The van der Waals surface area contributed by atoms with Gasteiger partial charge in [-0.05, 0) is 36.2 Å². The summed E-state index contributed by atoms with van der Waals surface area (Å²) in [5, 5.41) is 6.05. The highest BCUT2D eigenvalue weighted by Crippen LogP contribution is 2.30. The minimum Gasteiger partial charge on any atom is -0.347 e. The molecule has 1 aromatic carbocycles. The third kappa shape index (κ3) is 5.56. The number of carbonyl (C=O) groups excluding carboxylic acids is 2. The Morgan fingerprint density at radius 1 is 1.07 bits per heavy atom. The molecule has 0 saturated carbocycles. The van der Waals surface area contributed by atoms with Crippen LogP contribution in [0.25, 0.3) is 0 Å². The molecule has 27 heavy (non-hydrogen) atoms. The van der Waals surface area contributed by atoms with Crippen LogP contribution >= 0.6 is 11.3 Å². The van der Waals surface area contributed by atoms with Crippen molar-refractivity contribution in [3.63, 3.8) is 0 Å². The Morgan fingerprint density at radius 3 is 2.19 bits per heavy atom. The third-order valence-corrected chi connectivity index (χ3v) is 4.93. The van der Waals surface area contributed by atoms with Crippen LogP contribution in [0.2, 0.25) is 0 Å². The van der Waals surface area contributed by atoms with Gasteiger partial charge < -0.3 is 10.6 Å². The molecule has 8 heteroatoms. The Labute approximate surface area is 159 Å². The standard InChI is InChI=1S/C19H21F3N2O2S/c1-11-9-14(24-17(26)18(2,3)4)27-15(11)16(25)23-10-12-5-7-13(8-6-12)19(20,21)22/h5-9H,10H2,1-4H3,(H,23,25)(H,24,26). The number of rotatable bonds is 4. The average molecular weight is 398 g/mol. The average Bonchev–Trinajstić information content (AvgIpc) is 2.91. The molecule has 0 spiro atoms. The van der Waals surface area contributed by atoms with Crippen molar-refractivity contribution >= 4 is 28.2 Å². The van der Waals surface area contributed by atoms with E-state index in [9.17, 15) is 22.8 Å². The van der Waals surface area contributed by atoms with Gasteiger partial charge in [-0.1, -0.05) is 32.9 Å². The first-order chi connectivity index (χ1) is 12.4. The van der Waals surface area contributed by atoms with E-state index in [4.69, 9.17) is 0 Å². The number of nitrogens with one attached hydrogen (secondary N) is 2. The predicted octanol–water partition coefficient (Wildman–Crippen LogP) is 4.99. The van der Waals surface area contributed by atoms with Gasteiger partial charge >= 0.3 is 6.18 Å². The number of alkyl halides is 3. The largest absolute Gasteiger partial charge is 0.416 e. The fraction of sp³-hybridized carbons (Fsp3) is 0.368. The van der Waals surface area contributed by atoms with Crippen molar-refractivity contribution in [3.8, 4) is 0 Å². The SMILES string of the molecule is Cc1cc(NC(=O)C(C)(C)C)sc1C(=O)NCc1ccc(C(F)(F)F)cc1. The molecule has 0 fully saturated rings.